The number of hydrogen-bond donors (Lipinski definition) is 1. The molecular formula is C23H31F3N4O5S2. The van der Waals surface area contributed by atoms with Crippen LogP contribution in [0, 0.1) is 5.92 Å². The number of thiazole rings is 1. The molecule has 14 heteroatoms. The molecule has 3 atom stereocenters. The minimum absolute atomic E-state index is 0.0245. The lowest BCUT2D eigenvalue weighted by atomic mass is 10.0. The molecule has 0 saturated heterocycles. The van der Waals surface area contributed by atoms with Crippen molar-refractivity contribution >= 4 is 33.0 Å². The summed E-state index contributed by atoms with van der Waals surface area (Å²) in [5.74, 6) is -2.29. The predicted molar refractivity (Wildman–Crippen MR) is 134 cm³/mol. The maximum Gasteiger partial charge on any atom is 0.404 e. The first-order valence-electron chi connectivity index (χ1n) is 11.5. The number of halogens is 3. The molecule has 1 aromatic carbocycles. The zero-order chi connectivity index (χ0) is 27.4. The van der Waals surface area contributed by atoms with E-state index in [2.05, 4.69) is 9.88 Å². The van der Waals surface area contributed by atoms with Gasteiger partial charge >= 0.3 is 6.18 Å². The number of methoxy groups -OCH3 is 1. The lowest BCUT2D eigenvalue weighted by molar-refractivity contribution is -0.106. The van der Waals surface area contributed by atoms with Gasteiger partial charge in [-0.05, 0) is 31.0 Å². The number of hydrogen-bond acceptors (Lipinski definition) is 8. The summed E-state index contributed by atoms with van der Waals surface area (Å²) in [7, 11) is -1.57. The molecule has 37 heavy (non-hydrogen) atoms. The summed E-state index contributed by atoms with van der Waals surface area (Å²) in [6, 6.07) is 3.75. The van der Waals surface area contributed by atoms with Crippen LogP contribution in [-0.2, 0) is 21.3 Å². The lowest BCUT2D eigenvalue weighted by Gasteiger charge is -2.35. The number of fused-ring (bicyclic) bond motifs is 1. The van der Waals surface area contributed by atoms with E-state index in [9.17, 15) is 26.4 Å². The molecule has 2 aromatic rings. The van der Waals surface area contributed by atoms with Crippen molar-refractivity contribution in [2.24, 2.45) is 5.92 Å². The van der Waals surface area contributed by atoms with Gasteiger partial charge in [-0.2, -0.15) is 13.2 Å². The van der Waals surface area contributed by atoms with Crippen LogP contribution in [0.3, 0.4) is 0 Å². The Kier molecular flexibility index (Phi) is 9.42. The molecule has 0 saturated carbocycles. The molecule has 0 aliphatic carbocycles. The highest BCUT2D eigenvalue weighted by Gasteiger charge is 2.35. The van der Waals surface area contributed by atoms with Crippen molar-refractivity contribution in [3.8, 4) is 5.75 Å². The Labute approximate surface area is 218 Å². The number of carbonyl (C=O) groups excluding carboxylic acids is 1. The quantitative estimate of drug-likeness (QED) is 0.574. The summed E-state index contributed by atoms with van der Waals surface area (Å²) < 4.78 is 75.6. The highest BCUT2D eigenvalue weighted by Crippen LogP contribution is 2.28. The van der Waals surface area contributed by atoms with Crippen LogP contribution < -0.4 is 9.46 Å². The number of nitrogens with one attached hydrogen (secondary N) is 1. The second-order valence-corrected chi connectivity index (χ2v) is 11.8. The van der Waals surface area contributed by atoms with Crippen LogP contribution in [0.1, 0.15) is 29.2 Å². The number of benzene rings is 1. The Balaban J connectivity index is 1.93. The van der Waals surface area contributed by atoms with Gasteiger partial charge in [0.1, 0.15) is 17.4 Å². The summed E-state index contributed by atoms with van der Waals surface area (Å²) in [6.45, 7) is 5.73. The van der Waals surface area contributed by atoms with Crippen LogP contribution in [0.5, 0.6) is 5.75 Å². The Hall–Kier alpha value is -2.42. The van der Waals surface area contributed by atoms with Crippen LogP contribution in [0.15, 0.2) is 29.8 Å². The molecule has 3 rings (SSSR count). The largest absolute Gasteiger partial charge is 0.491 e. The molecular weight excluding hydrogens is 533 g/mol. The second-order valence-electron chi connectivity index (χ2n) is 9.14. The van der Waals surface area contributed by atoms with E-state index in [1.165, 1.54) is 23.1 Å². The summed E-state index contributed by atoms with van der Waals surface area (Å²) in [6.07, 6.45) is -3.47. The van der Waals surface area contributed by atoms with E-state index < -0.39 is 27.9 Å². The monoisotopic (exact) mass is 564 g/mol. The first-order valence-corrected chi connectivity index (χ1v) is 14.1. The van der Waals surface area contributed by atoms with Gasteiger partial charge in [-0.3, -0.25) is 14.4 Å². The Morgan fingerprint density at radius 1 is 1.27 bits per heavy atom. The van der Waals surface area contributed by atoms with E-state index in [0.717, 1.165) is 5.01 Å². The fraction of sp³-hybridized carbons (Fsp3) is 0.565. The van der Waals surface area contributed by atoms with Gasteiger partial charge in [0.15, 0.2) is 5.75 Å². The van der Waals surface area contributed by atoms with Crippen molar-refractivity contribution in [3.05, 3.63) is 40.3 Å². The fourth-order valence-corrected chi connectivity index (χ4v) is 5.70. The first-order chi connectivity index (χ1) is 17.3. The zero-order valence-corrected chi connectivity index (χ0v) is 22.6. The van der Waals surface area contributed by atoms with Crippen molar-refractivity contribution in [1.82, 2.24) is 14.8 Å². The molecule has 2 heterocycles. The molecule has 0 spiro atoms. The van der Waals surface area contributed by atoms with E-state index in [1.807, 2.05) is 23.9 Å². The third-order valence-electron chi connectivity index (χ3n) is 6.02. The molecule has 1 N–H and O–H groups in total. The van der Waals surface area contributed by atoms with Crippen molar-refractivity contribution in [2.45, 2.75) is 38.7 Å². The number of ether oxygens (including phenoxy) is 2. The summed E-state index contributed by atoms with van der Waals surface area (Å²) >= 11 is 1.55. The Morgan fingerprint density at radius 3 is 2.62 bits per heavy atom. The predicted octanol–water partition coefficient (Wildman–Crippen LogP) is 3.45. The molecule has 0 unspecified atom stereocenters. The van der Waals surface area contributed by atoms with E-state index >= 15 is 0 Å². The molecule has 0 bridgehead atoms. The topological polar surface area (TPSA) is 101 Å². The number of anilines is 1. The van der Waals surface area contributed by atoms with E-state index in [0.29, 0.717) is 13.1 Å². The summed E-state index contributed by atoms with van der Waals surface area (Å²) in [5, 5.41) is 2.86. The Morgan fingerprint density at radius 2 is 2.00 bits per heavy atom. The number of carbonyl (C=O) groups is 1. The number of nitrogens with zero attached hydrogens (tertiary/aromatic N) is 3. The minimum atomic E-state index is -4.91. The third kappa shape index (κ3) is 8.28. The second kappa shape index (κ2) is 12.0. The zero-order valence-electron chi connectivity index (χ0n) is 21.0. The number of sulfonamides is 1. The highest BCUT2D eigenvalue weighted by molar-refractivity contribution is 7.92. The van der Waals surface area contributed by atoms with E-state index in [4.69, 9.17) is 9.47 Å². The number of amides is 1. The first kappa shape index (κ1) is 29.1. The number of rotatable bonds is 6. The molecule has 1 aliphatic heterocycles. The molecule has 1 aromatic heterocycles. The lowest BCUT2D eigenvalue weighted by Crippen LogP contribution is -2.46. The number of aromatic nitrogens is 1. The average molecular weight is 565 g/mol. The molecule has 1 amide bonds. The number of likely N-dealkylation sites (N-methyl/N-ethyl adjacent to an activating group) is 1. The molecule has 206 valence electrons. The van der Waals surface area contributed by atoms with Crippen LogP contribution in [0.4, 0.5) is 18.9 Å². The SMILES string of the molecule is CO[C@@H]1CN(C)C(=O)c2cc(NS(=O)(=O)CC(F)(F)F)ccc2OC[C@H](C)N(Cc2nccs2)C[C@H]1C. The molecule has 0 radical (unpaired) electrons. The van der Waals surface area contributed by atoms with Gasteiger partial charge in [0.25, 0.3) is 5.91 Å². The van der Waals surface area contributed by atoms with Crippen molar-refractivity contribution in [2.75, 3.05) is 44.3 Å². The maximum absolute atomic E-state index is 13.3. The van der Waals surface area contributed by atoms with Gasteiger partial charge in [-0.25, -0.2) is 13.4 Å². The van der Waals surface area contributed by atoms with Crippen LogP contribution in [-0.4, -0.2) is 87.0 Å². The van der Waals surface area contributed by atoms with Crippen LogP contribution in [0.25, 0.3) is 0 Å². The summed E-state index contributed by atoms with van der Waals surface area (Å²) in [4.78, 5) is 21.4. The van der Waals surface area contributed by atoms with Gasteiger partial charge in [-0.15, -0.1) is 11.3 Å². The van der Waals surface area contributed by atoms with Crippen molar-refractivity contribution in [3.63, 3.8) is 0 Å². The highest BCUT2D eigenvalue weighted by atomic mass is 32.2. The maximum atomic E-state index is 13.3. The fourth-order valence-electron chi connectivity index (χ4n) is 4.07. The average Bonchev–Trinajstić information content (AvgIpc) is 3.31. The molecule has 9 nitrogen and oxygen atoms in total. The Bertz CT molecular complexity index is 1160. The van der Waals surface area contributed by atoms with Gasteiger partial charge in [-0.1, -0.05) is 6.92 Å². The summed E-state index contributed by atoms with van der Waals surface area (Å²) in [5.41, 5.74) is -0.146. The number of alkyl halides is 3. The third-order valence-corrected chi connectivity index (χ3v) is 8.04. The van der Waals surface area contributed by atoms with Gasteiger partial charge in [0.2, 0.25) is 10.0 Å². The van der Waals surface area contributed by atoms with Crippen LogP contribution >= 0.6 is 11.3 Å². The molecule has 1 aliphatic rings. The van der Waals surface area contributed by atoms with Crippen molar-refractivity contribution < 1.29 is 35.9 Å². The van der Waals surface area contributed by atoms with E-state index in [1.54, 1.807) is 31.7 Å². The smallest absolute Gasteiger partial charge is 0.404 e. The van der Waals surface area contributed by atoms with Gasteiger partial charge in [0, 0.05) is 50.6 Å². The van der Waals surface area contributed by atoms with Gasteiger partial charge < -0.3 is 14.4 Å². The van der Waals surface area contributed by atoms with Gasteiger partial charge in [0.05, 0.1) is 18.2 Å². The normalized spacial score (nSPS) is 22.5. The minimum Gasteiger partial charge on any atom is -0.491 e. The standard InChI is InChI=1S/C23H31F3N4O5S2/c1-15-10-30(12-21-27-7-8-36-21)16(2)13-35-19-6-5-17(28-37(32,33)14-23(24,25)26)9-18(19)22(31)29(3)11-20(15)34-4/h5-9,15-16,20,28H,10-14H2,1-4H3/t15-,16+,20-/m1/s1. The molecule has 0 fully saturated rings. The van der Waals surface area contributed by atoms with Crippen molar-refractivity contribution in [1.29, 1.82) is 0 Å². The van der Waals surface area contributed by atoms with Crippen LogP contribution in [0.2, 0.25) is 0 Å². The van der Waals surface area contributed by atoms with E-state index in [-0.39, 0.29) is 48.2 Å².